The number of aromatic nitrogens is 3. The van der Waals surface area contributed by atoms with Crippen molar-refractivity contribution >= 4 is 23.1 Å². The first-order valence-electron chi connectivity index (χ1n) is 8.59. The number of hydrogen-bond donors (Lipinski definition) is 2. The molecule has 8 nitrogen and oxygen atoms in total. The topological polar surface area (TPSA) is 106 Å². The minimum atomic E-state index is -0.447. The van der Waals surface area contributed by atoms with Gasteiger partial charge in [-0.15, -0.1) is 0 Å². The molecular weight excluding hydrogens is 320 g/mol. The predicted octanol–water partition coefficient (Wildman–Crippen LogP) is 3.97. The lowest BCUT2D eigenvalue weighted by Crippen LogP contribution is -2.20. The van der Waals surface area contributed by atoms with Crippen LogP contribution in [-0.4, -0.2) is 25.9 Å². The molecule has 1 saturated carbocycles. The fourth-order valence-electron chi connectivity index (χ4n) is 3.09. The Kier molecular flexibility index (Phi) is 5.37. The van der Waals surface area contributed by atoms with Crippen molar-refractivity contribution in [3.8, 4) is 0 Å². The molecule has 0 radical (unpaired) electrons. The van der Waals surface area contributed by atoms with Crippen LogP contribution in [0.4, 0.5) is 23.1 Å². The normalized spacial score (nSPS) is 15.4. The number of anilines is 3. The second kappa shape index (κ2) is 7.87. The van der Waals surface area contributed by atoms with Gasteiger partial charge < -0.3 is 10.6 Å². The van der Waals surface area contributed by atoms with Crippen molar-refractivity contribution in [1.29, 1.82) is 0 Å². The van der Waals surface area contributed by atoms with Crippen molar-refractivity contribution in [2.24, 2.45) is 0 Å². The maximum absolute atomic E-state index is 11.6. The number of nitro groups is 1. The molecule has 0 saturated heterocycles. The molecule has 0 atom stereocenters. The number of rotatable bonds is 5. The summed E-state index contributed by atoms with van der Waals surface area (Å²) >= 11 is 0. The summed E-state index contributed by atoms with van der Waals surface area (Å²) in [5.41, 5.74) is 0.862. The average molecular weight is 342 g/mol. The van der Waals surface area contributed by atoms with Gasteiger partial charge in [-0.1, -0.05) is 25.7 Å². The Balaban J connectivity index is 1.87. The van der Waals surface area contributed by atoms with Crippen LogP contribution in [0.3, 0.4) is 0 Å². The Morgan fingerprint density at radius 2 is 1.84 bits per heavy atom. The molecule has 25 heavy (non-hydrogen) atoms. The van der Waals surface area contributed by atoms with Crippen LogP contribution in [0.5, 0.6) is 0 Å². The lowest BCUT2D eigenvalue weighted by molar-refractivity contribution is -0.383. The molecule has 8 heteroatoms. The van der Waals surface area contributed by atoms with Crippen molar-refractivity contribution in [2.75, 3.05) is 10.6 Å². The van der Waals surface area contributed by atoms with Gasteiger partial charge in [-0.05, 0) is 37.5 Å². The molecule has 1 fully saturated rings. The van der Waals surface area contributed by atoms with Crippen LogP contribution in [0.2, 0.25) is 0 Å². The second-order valence-corrected chi connectivity index (χ2v) is 6.35. The molecule has 0 aromatic carbocycles. The predicted molar refractivity (Wildman–Crippen MR) is 96.1 cm³/mol. The van der Waals surface area contributed by atoms with E-state index < -0.39 is 4.92 Å². The van der Waals surface area contributed by atoms with E-state index >= 15 is 0 Å². The van der Waals surface area contributed by atoms with Gasteiger partial charge in [0.1, 0.15) is 12.1 Å². The van der Waals surface area contributed by atoms with Gasteiger partial charge in [-0.3, -0.25) is 10.1 Å². The highest BCUT2D eigenvalue weighted by atomic mass is 16.6. The monoisotopic (exact) mass is 342 g/mol. The van der Waals surface area contributed by atoms with Crippen molar-refractivity contribution in [3.63, 3.8) is 0 Å². The van der Waals surface area contributed by atoms with E-state index in [1.54, 1.807) is 6.20 Å². The van der Waals surface area contributed by atoms with Gasteiger partial charge in [-0.2, -0.15) is 0 Å². The molecule has 2 aromatic rings. The third-order valence-corrected chi connectivity index (χ3v) is 4.36. The lowest BCUT2D eigenvalue weighted by atomic mass is 10.1. The van der Waals surface area contributed by atoms with E-state index in [9.17, 15) is 10.1 Å². The fraction of sp³-hybridized carbons (Fsp3) is 0.471. The molecule has 0 unspecified atom stereocenters. The van der Waals surface area contributed by atoms with Crippen LogP contribution in [0.25, 0.3) is 0 Å². The molecule has 0 bridgehead atoms. The zero-order chi connectivity index (χ0) is 17.6. The van der Waals surface area contributed by atoms with Crippen LogP contribution in [-0.2, 0) is 0 Å². The van der Waals surface area contributed by atoms with Gasteiger partial charge >= 0.3 is 5.69 Å². The molecule has 2 aromatic heterocycles. The smallest absolute Gasteiger partial charge is 0.353 e. The zero-order valence-electron chi connectivity index (χ0n) is 14.2. The summed E-state index contributed by atoms with van der Waals surface area (Å²) in [6, 6.07) is 3.88. The Hall–Kier alpha value is -2.77. The molecule has 1 aliphatic carbocycles. The summed E-state index contributed by atoms with van der Waals surface area (Å²) in [6.07, 6.45) is 9.70. The van der Waals surface area contributed by atoms with Gasteiger partial charge in [0.2, 0.25) is 11.6 Å². The molecule has 0 spiro atoms. The first-order valence-corrected chi connectivity index (χ1v) is 8.59. The summed E-state index contributed by atoms with van der Waals surface area (Å²) in [4.78, 5) is 23.5. The summed E-state index contributed by atoms with van der Waals surface area (Å²) in [5.74, 6) is 0.929. The lowest BCUT2D eigenvalue weighted by Gasteiger charge is -2.17. The van der Waals surface area contributed by atoms with Crippen molar-refractivity contribution < 1.29 is 4.92 Å². The average Bonchev–Trinajstić information content (AvgIpc) is 2.83. The van der Waals surface area contributed by atoms with E-state index in [2.05, 4.69) is 25.6 Å². The SMILES string of the molecule is Cc1ccnc(Nc2ncnc(NC3CCCCCC3)c2[N+](=O)[O-])c1. The summed E-state index contributed by atoms with van der Waals surface area (Å²) in [6.45, 7) is 1.93. The van der Waals surface area contributed by atoms with Gasteiger partial charge in [0, 0.05) is 12.2 Å². The Morgan fingerprint density at radius 1 is 1.12 bits per heavy atom. The van der Waals surface area contributed by atoms with Crippen LogP contribution < -0.4 is 10.6 Å². The van der Waals surface area contributed by atoms with Gasteiger partial charge in [-0.25, -0.2) is 15.0 Å². The summed E-state index contributed by atoms with van der Waals surface area (Å²) < 4.78 is 0. The molecule has 3 rings (SSSR count). The van der Waals surface area contributed by atoms with Crippen LogP contribution in [0.15, 0.2) is 24.7 Å². The highest BCUT2D eigenvalue weighted by molar-refractivity contribution is 5.73. The maximum Gasteiger partial charge on any atom is 0.353 e. The molecule has 0 amide bonds. The van der Waals surface area contributed by atoms with E-state index in [0.717, 1.165) is 31.2 Å². The van der Waals surface area contributed by atoms with Gasteiger partial charge in [0.05, 0.1) is 4.92 Å². The number of pyridine rings is 1. The van der Waals surface area contributed by atoms with E-state index in [1.807, 2.05) is 19.1 Å². The highest BCUT2D eigenvalue weighted by Gasteiger charge is 2.25. The summed E-state index contributed by atoms with van der Waals surface area (Å²) in [5, 5.41) is 17.8. The quantitative estimate of drug-likeness (QED) is 0.481. The molecule has 2 N–H and O–H groups in total. The largest absolute Gasteiger partial charge is 0.361 e. The standard InChI is InChI=1S/C17H22N6O2/c1-12-8-9-18-14(10-12)22-17-15(23(24)25)16(19-11-20-17)21-13-6-4-2-3-5-7-13/h8-11,13H,2-7H2,1H3,(H2,18,19,20,21,22). The van der Waals surface area contributed by atoms with E-state index in [-0.39, 0.29) is 23.4 Å². The Labute approximate surface area is 146 Å². The van der Waals surface area contributed by atoms with Crippen LogP contribution in [0, 0.1) is 17.0 Å². The number of nitrogens with one attached hydrogen (secondary N) is 2. The fourth-order valence-corrected chi connectivity index (χ4v) is 3.09. The van der Waals surface area contributed by atoms with E-state index in [1.165, 1.54) is 19.2 Å². The Morgan fingerprint density at radius 3 is 2.52 bits per heavy atom. The molecular formula is C17H22N6O2. The van der Waals surface area contributed by atoms with E-state index in [0.29, 0.717) is 5.82 Å². The first kappa shape index (κ1) is 17.1. The maximum atomic E-state index is 11.6. The minimum Gasteiger partial charge on any atom is -0.361 e. The van der Waals surface area contributed by atoms with Gasteiger partial charge in [0.25, 0.3) is 0 Å². The number of nitrogens with zero attached hydrogens (tertiary/aromatic N) is 4. The third-order valence-electron chi connectivity index (χ3n) is 4.36. The second-order valence-electron chi connectivity index (χ2n) is 6.35. The van der Waals surface area contributed by atoms with E-state index in [4.69, 9.17) is 0 Å². The van der Waals surface area contributed by atoms with Crippen molar-refractivity contribution in [2.45, 2.75) is 51.5 Å². The van der Waals surface area contributed by atoms with Crippen LogP contribution in [0.1, 0.15) is 44.1 Å². The minimum absolute atomic E-state index is 0.143. The zero-order valence-corrected chi connectivity index (χ0v) is 14.2. The van der Waals surface area contributed by atoms with Crippen molar-refractivity contribution in [1.82, 2.24) is 15.0 Å². The third kappa shape index (κ3) is 4.40. The Bertz CT molecular complexity index is 744. The van der Waals surface area contributed by atoms with Crippen molar-refractivity contribution in [3.05, 3.63) is 40.3 Å². The molecule has 132 valence electrons. The van der Waals surface area contributed by atoms with Gasteiger partial charge in [0.15, 0.2) is 0 Å². The number of hydrogen-bond acceptors (Lipinski definition) is 7. The highest BCUT2D eigenvalue weighted by Crippen LogP contribution is 2.32. The molecule has 0 aliphatic heterocycles. The summed E-state index contributed by atoms with van der Waals surface area (Å²) in [7, 11) is 0. The first-order chi connectivity index (χ1) is 12.1. The number of aryl methyl sites for hydroxylation is 1. The molecule has 2 heterocycles. The molecule has 1 aliphatic rings. The van der Waals surface area contributed by atoms with Crippen LogP contribution >= 0.6 is 0 Å².